The number of aliphatic hydroxyl groups excluding tert-OH is 1. The minimum atomic E-state index is -5.25. The fourth-order valence-corrected chi connectivity index (χ4v) is 13.3. The summed E-state index contributed by atoms with van der Waals surface area (Å²) in [6, 6.07) is 12.7. The van der Waals surface area contributed by atoms with Crippen LogP contribution in [0.15, 0.2) is 42.7 Å². The quantitative estimate of drug-likeness (QED) is 0.0309. The second-order valence-corrected chi connectivity index (χ2v) is 23.5. The van der Waals surface area contributed by atoms with Crippen molar-refractivity contribution >= 4 is 61.7 Å². The van der Waals surface area contributed by atoms with Gasteiger partial charge in [-0.05, 0) is 87.1 Å². The van der Waals surface area contributed by atoms with Crippen molar-refractivity contribution in [2.75, 3.05) is 75.4 Å². The highest BCUT2D eigenvalue weighted by atomic mass is 31.2. The SMILES string of the molecule is CN(CCCC(=O)NCCCCCCNc1nc2c(N)ncnc2n1[C@@H]1O[C@H](COP(=O)(O)O)[C@@H](O)[C@H]1OP(=O)(O)O)C(=O)c1ccccc1C1=c2cc3c4c(c2Oc2c1cc1c5c2CCCN5CCC1)CCC[N+]=4CCC3. The molecule has 0 bridgehead atoms. The number of aliphatic hydroxyl groups is 1. The van der Waals surface area contributed by atoms with Crippen molar-refractivity contribution < 1.29 is 61.9 Å². The van der Waals surface area contributed by atoms with Gasteiger partial charge in [-0.1, -0.05) is 31.0 Å². The molecule has 3 aromatic carbocycles. The summed E-state index contributed by atoms with van der Waals surface area (Å²) < 4.78 is 49.8. The Morgan fingerprint density at radius 3 is 2.42 bits per heavy atom. The Balaban J connectivity index is 0.707. The van der Waals surface area contributed by atoms with Crippen molar-refractivity contribution in [3.63, 3.8) is 0 Å². The van der Waals surface area contributed by atoms with Gasteiger partial charge in [0.25, 0.3) is 5.91 Å². The average Bonchev–Trinajstić information content (AvgIpc) is 3.76. The number of aromatic nitrogens is 4. The molecule has 9 N–H and O–H groups in total. The maximum absolute atomic E-state index is 14.7. The van der Waals surface area contributed by atoms with E-state index in [4.69, 9.17) is 19.7 Å². The van der Waals surface area contributed by atoms with E-state index < -0.39 is 46.8 Å². The Morgan fingerprint density at radius 1 is 0.885 bits per heavy atom. The zero-order valence-electron chi connectivity index (χ0n) is 43.5. The second kappa shape index (κ2) is 22.4. The van der Waals surface area contributed by atoms with Gasteiger partial charge in [-0.15, -0.1) is 0 Å². The van der Waals surface area contributed by atoms with Crippen LogP contribution >= 0.6 is 15.6 Å². The van der Waals surface area contributed by atoms with Gasteiger partial charge in [0.05, 0.1) is 12.2 Å². The molecule has 0 radical (unpaired) electrons. The van der Waals surface area contributed by atoms with Crippen LogP contribution in [0.3, 0.4) is 0 Å². The second-order valence-electron chi connectivity index (χ2n) is 21.1. The van der Waals surface area contributed by atoms with E-state index >= 15 is 0 Å². The minimum absolute atomic E-state index is 0.0165. The van der Waals surface area contributed by atoms with E-state index in [1.165, 1.54) is 37.9 Å². The molecule has 0 aliphatic carbocycles. The van der Waals surface area contributed by atoms with Crippen LogP contribution in [0.1, 0.15) is 114 Å². The standard InChI is InChI=1S/C53H66N10O13P2/c1-60(22-12-19-40(64)55-20-6-2-3-7-21-56-53-59-42-49(54)57-30-58-50(42)63(53)52-48(76-78(70,71)72)45(65)39(74-52)29-73-77(67,68)69)51(66)34-16-5-4-15-33(34)41-37-27-31-13-8-23-61-25-10-17-35(43(31)61)46(37)75-47-36-18-11-26-62-24-9-14-32(44(36)62)28-38(41)47/h4-5,15-16,27-28,30,39,45,48,52,54,65H,2-3,6-14,17-26,29H2,1H3,(H6,55,64,66,67,68,69,70,71,72)/p+1/t39-,45-,48-,52-/m1/s1. The third-order valence-electron chi connectivity index (χ3n) is 15.8. The Bertz CT molecular complexity index is 3400. The smallest absolute Gasteiger partial charge is 0.455 e. The zero-order chi connectivity index (χ0) is 54.5. The molecule has 6 aliphatic rings. The summed E-state index contributed by atoms with van der Waals surface area (Å²) in [6.45, 7) is 4.62. The predicted octanol–water partition coefficient (Wildman–Crippen LogP) is 3.33. The molecular weight excluding hydrogens is 1050 g/mol. The molecule has 0 saturated carbocycles. The summed E-state index contributed by atoms with van der Waals surface area (Å²) in [5, 5.41) is 19.6. The largest absolute Gasteiger partial charge is 0.470 e. The number of carbonyl (C=O) groups excluding carboxylic acids is 2. The molecule has 6 aliphatic heterocycles. The zero-order valence-corrected chi connectivity index (χ0v) is 45.3. The lowest BCUT2D eigenvalue weighted by atomic mass is 9.81. The van der Waals surface area contributed by atoms with Crippen LogP contribution in [0.2, 0.25) is 0 Å². The van der Waals surface area contributed by atoms with E-state index in [0.29, 0.717) is 44.5 Å². The molecule has 25 heteroatoms. The van der Waals surface area contributed by atoms with Crippen molar-refractivity contribution in [2.45, 2.75) is 114 Å². The number of unbranched alkanes of at least 4 members (excludes halogenated alkanes) is 3. The summed E-state index contributed by atoms with van der Waals surface area (Å²) in [5.74, 6) is 1.77. The lowest BCUT2D eigenvalue weighted by molar-refractivity contribution is -0.121. The number of phosphoric ester groups is 2. The lowest BCUT2D eigenvalue weighted by Gasteiger charge is -2.39. The van der Waals surface area contributed by atoms with Crippen LogP contribution in [0.4, 0.5) is 17.5 Å². The van der Waals surface area contributed by atoms with E-state index in [1.54, 1.807) is 11.9 Å². The number of anilines is 3. The molecule has 78 heavy (non-hydrogen) atoms. The molecule has 1 fully saturated rings. The number of phosphoric acid groups is 2. The number of aryl methyl sites for hydroxylation is 2. The Morgan fingerprint density at radius 2 is 1.63 bits per heavy atom. The van der Waals surface area contributed by atoms with Crippen LogP contribution in [0, 0.1) is 0 Å². The van der Waals surface area contributed by atoms with Gasteiger partial charge in [0, 0.05) is 97.8 Å². The topological polar surface area (TPSA) is 310 Å². The molecular formula is C53H67N10O13P2+. The number of benzene rings is 3. The predicted molar refractivity (Wildman–Crippen MR) is 287 cm³/mol. The minimum Gasteiger partial charge on any atom is -0.455 e. The van der Waals surface area contributed by atoms with E-state index in [1.807, 2.05) is 18.2 Å². The number of hydrogen-bond donors (Lipinski definition) is 8. The number of hydrogen-bond acceptors (Lipinski definition) is 15. The van der Waals surface area contributed by atoms with Crippen LogP contribution in [0.5, 0.6) is 11.5 Å². The number of rotatable bonds is 20. The first-order chi connectivity index (χ1) is 37.5. The third kappa shape index (κ3) is 10.9. The fourth-order valence-electron chi connectivity index (χ4n) is 12.4. The first-order valence-corrected chi connectivity index (χ1v) is 30.1. The van der Waals surface area contributed by atoms with E-state index in [9.17, 15) is 43.4 Å². The van der Waals surface area contributed by atoms with Gasteiger partial charge in [-0.3, -0.25) is 23.2 Å². The normalized spacial score (nSPS) is 20.4. The Labute approximate surface area is 449 Å². The van der Waals surface area contributed by atoms with Crippen molar-refractivity contribution in [1.29, 1.82) is 0 Å². The van der Waals surface area contributed by atoms with E-state index in [0.717, 1.165) is 130 Å². The Hall–Kier alpha value is -5.84. The molecule has 4 atom stereocenters. The molecule has 5 aromatic rings. The molecule has 416 valence electrons. The molecule has 0 unspecified atom stereocenters. The van der Waals surface area contributed by atoms with E-state index in [-0.39, 0.29) is 41.2 Å². The molecule has 23 nitrogen and oxygen atoms in total. The summed E-state index contributed by atoms with van der Waals surface area (Å²) in [5.41, 5.74) is 16.6. The highest BCUT2D eigenvalue weighted by molar-refractivity contribution is 7.46. The highest BCUT2D eigenvalue weighted by Gasteiger charge is 2.50. The number of nitrogens with zero attached hydrogens (tertiary/aromatic N) is 7. The molecule has 2 amide bonds. The summed E-state index contributed by atoms with van der Waals surface area (Å²) >= 11 is 0. The van der Waals surface area contributed by atoms with Crippen LogP contribution in [-0.2, 0) is 53.4 Å². The van der Waals surface area contributed by atoms with Crippen LogP contribution in [-0.4, -0.2) is 139 Å². The van der Waals surface area contributed by atoms with Gasteiger partial charge >= 0.3 is 15.6 Å². The monoisotopic (exact) mass is 1110 g/mol. The molecule has 8 heterocycles. The lowest BCUT2D eigenvalue weighted by Crippen LogP contribution is -2.45. The molecule has 0 spiro atoms. The number of ether oxygens (including phenoxy) is 2. The van der Waals surface area contributed by atoms with Gasteiger partial charge in [0.1, 0.15) is 49.2 Å². The van der Waals surface area contributed by atoms with Gasteiger partial charge < -0.3 is 60.3 Å². The Kier molecular flexibility index (Phi) is 15.5. The highest BCUT2D eigenvalue weighted by Crippen LogP contribution is 2.50. The number of nitrogens with two attached hydrogens (primary N) is 1. The van der Waals surface area contributed by atoms with Crippen molar-refractivity contribution in [2.24, 2.45) is 0 Å². The maximum Gasteiger partial charge on any atom is 0.470 e. The van der Waals surface area contributed by atoms with Gasteiger partial charge in [0.2, 0.25) is 17.2 Å². The van der Waals surface area contributed by atoms with Gasteiger partial charge in [-0.2, -0.15) is 0 Å². The van der Waals surface area contributed by atoms with E-state index in [2.05, 4.69) is 57.8 Å². The summed E-state index contributed by atoms with van der Waals surface area (Å²) in [4.78, 5) is 82.6. The van der Waals surface area contributed by atoms with Gasteiger partial charge in [-0.25, -0.2) is 28.7 Å². The third-order valence-corrected chi connectivity index (χ3v) is 16.8. The number of imidazole rings is 1. The first-order valence-electron chi connectivity index (χ1n) is 27.1. The van der Waals surface area contributed by atoms with Crippen LogP contribution < -0.4 is 41.2 Å². The number of amides is 2. The molecule has 1 saturated heterocycles. The van der Waals surface area contributed by atoms with Crippen molar-refractivity contribution in [3.05, 3.63) is 92.2 Å². The number of nitrogen functional groups attached to an aromatic ring is 1. The number of carbonyl (C=O) groups is 2. The van der Waals surface area contributed by atoms with Crippen molar-refractivity contribution in [3.8, 4) is 11.5 Å². The number of nitrogens with one attached hydrogen (secondary N) is 2. The molecule has 11 rings (SSSR count). The average molecular weight is 1110 g/mol. The van der Waals surface area contributed by atoms with Crippen LogP contribution in [0.25, 0.3) is 16.7 Å². The van der Waals surface area contributed by atoms with Gasteiger partial charge in [0.15, 0.2) is 23.2 Å². The summed E-state index contributed by atoms with van der Waals surface area (Å²) in [7, 11) is -8.45. The number of fused-ring (bicyclic) bond motifs is 5. The van der Waals surface area contributed by atoms with Crippen molar-refractivity contribution in [1.82, 2.24) is 34.3 Å². The fraction of sp³-hybridized carbons (Fsp3) is 0.509. The first kappa shape index (κ1) is 54.1. The maximum atomic E-state index is 14.7. The molecule has 2 aromatic heterocycles. The summed E-state index contributed by atoms with van der Waals surface area (Å²) in [6.07, 6.45) is 6.47.